The Morgan fingerprint density at radius 2 is 1.83 bits per heavy atom. The van der Waals surface area contributed by atoms with Crippen LogP contribution in [0.3, 0.4) is 0 Å². The molecule has 1 fully saturated rings. The van der Waals surface area contributed by atoms with Gasteiger partial charge in [0.15, 0.2) is 0 Å². The number of rotatable bonds is 4. The predicted molar refractivity (Wildman–Crippen MR) is 108 cm³/mol. The number of piperidine rings is 1. The number of tetrazole rings is 1. The number of nitrogens with one attached hydrogen (secondary N) is 1. The highest BCUT2D eigenvalue weighted by molar-refractivity contribution is 5.95. The Kier molecular flexibility index (Phi) is 5.51. The number of nitrogens with zero attached hydrogens (tertiary/aromatic N) is 5. The molecule has 0 aliphatic carbocycles. The highest BCUT2D eigenvalue weighted by Gasteiger charge is 2.28. The molecule has 1 aliphatic rings. The quantitative estimate of drug-likeness (QED) is 0.716. The lowest BCUT2D eigenvalue weighted by Gasteiger charge is -2.31. The smallest absolute Gasteiger partial charge is 0.253 e. The second-order valence-electron chi connectivity index (χ2n) is 7.32. The van der Waals surface area contributed by atoms with Crippen molar-refractivity contribution in [3.63, 3.8) is 0 Å². The second kappa shape index (κ2) is 8.40. The van der Waals surface area contributed by atoms with Crippen molar-refractivity contribution in [3.05, 3.63) is 65.7 Å². The van der Waals surface area contributed by atoms with Crippen LogP contribution in [-0.4, -0.2) is 50.0 Å². The largest absolute Gasteiger partial charge is 0.339 e. The molecule has 3 aromatic rings. The highest BCUT2D eigenvalue weighted by Crippen LogP contribution is 2.24. The van der Waals surface area contributed by atoms with Crippen LogP contribution in [0.5, 0.6) is 0 Å². The average Bonchev–Trinajstić information content (AvgIpc) is 3.30. The maximum atomic E-state index is 13.1. The Hall–Kier alpha value is -3.62. The molecular formula is C21H21FN6O2. The van der Waals surface area contributed by atoms with Crippen molar-refractivity contribution >= 4 is 17.5 Å². The number of carbonyl (C=O) groups excluding carboxylic acids is 2. The summed E-state index contributed by atoms with van der Waals surface area (Å²) in [7, 11) is 0. The van der Waals surface area contributed by atoms with Crippen LogP contribution in [0, 0.1) is 18.7 Å². The summed E-state index contributed by atoms with van der Waals surface area (Å²) < 4.78 is 14.6. The van der Waals surface area contributed by atoms with E-state index >= 15 is 0 Å². The van der Waals surface area contributed by atoms with Crippen molar-refractivity contribution in [1.82, 2.24) is 25.1 Å². The van der Waals surface area contributed by atoms with E-state index in [9.17, 15) is 14.0 Å². The number of hydrogen-bond acceptors (Lipinski definition) is 5. The van der Waals surface area contributed by atoms with Gasteiger partial charge in [0, 0.05) is 30.3 Å². The molecular weight excluding hydrogens is 387 g/mol. The third-order valence-corrected chi connectivity index (χ3v) is 5.34. The molecule has 0 bridgehead atoms. The molecule has 2 amide bonds. The van der Waals surface area contributed by atoms with E-state index in [-0.39, 0.29) is 23.5 Å². The second-order valence-corrected chi connectivity index (χ2v) is 7.32. The molecule has 0 radical (unpaired) electrons. The molecule has 2 aromatic carbocycles. The van der Waals surface area contributed by atoms with Gasteiger partial charge < -0.3 is 10.2 Å². The summed E-state index contributed by atoms with van der Waals surface area (Å²) in [6.07, 6.45) is 2.64. The molecule has 1 N–H and O–H groups in total. The number of aromatic nitrogens is 4. The molecule has 0 atom stereocenters. The Balaban J connectivity index is 1.37. The molecule has 0 spiro atoms. The highest BCUT2D eigenvalue weighted by atomic mass is 19.1. The van der Waals surface area contributed by atoms with Crippen LogP contribution in [0.1, 0.15) is 28.8 Å². The van der Waals surface area contributed by atoms with Gasteiger partial charge in [-0.3, -0.25) is 9.59 Å². The molecule has 0 unspecified atom stereocenters. The number of likely N-dealkylation sites (tertiary alicyclic amines) is 1. The van der Waals surface area contributed by atoms with Crippen LogP contribution in [0.4, 0.5) is 10.1 Å². The van der Waals surface area contributed by atoms with E-state index in [1.54, 1.807) is 4.90 Å². The third kappa shape index (κ3) is 4.19. The van der Waals surface area contributed by atoms with Gasteiger partial charge in [-0.25, -0.2) is 9.07 Å². The van der Waals surface area contributed by atoms with E-state index < -0.39 is 0 Å². The van der Waals surface area contributed by atoms with Gasteiger partial charge >= 0.3 is 0 Å². The maximum Gasteiger partial charge on any atom is 0.253 e. The molecule has 1 aromatic heterocycles. The summed E-state index contributed by atoms with van der Waals surface area (Å²) in [5, 5.41) is 14.1. The van der Waals surface area contributed by atoms with Crippen molar-refractivity contribution in [2.24, 2.45) is 5.92 Å². The van der Waals surface area contributed by atoms with E-state index in [4.69, 9.17) is 0 Å². The summed E-state index contributed by atoms with van der Waals surface area (Å²) in [5.41, 5.74) is 2.84. The fourth-order valence-electron chi connectivity index (χ4n) is 3.52. The van der Waals surface area contributed by atoms with Crippen LogP contribution >= 0.6 is 0 Å². The Bertz CT molecular complexity index is 1040. The SMILES string of the molecule is Cc1ccc(-n2cnnn2)cc1NC(=O)C1CCN(C(=O)c2ccc(F)cc2)CC1. The minimum absolute atomic E-state index is 0.0687. The summed E-state index contributed by atoms with van der Waals surface area (Å²) >= 11 is 0. The van der Waals surface area contributed by atoms with Crippen molar-refractivity contribution in [2.75, 3.05) is 18.4 Å². The molecule has 8 nitrogen and oxygen atoms in total. The molecule has 4 rings (SSSR count). The van der Waals surface area contributed by atoms with Gasteiger partial charge in [-0.05, 0) is 72.2 Å². The minimum atomic E-state index is -0.374. The van der Waals surface area contributed by atoms with Crippen molar-refractivity contribution in [3.8, 4) is 5.69 Å². The lowest BCUT2D eigenvalue weighted by Crippen LogP contribution is -2.41. The van der Waals surface area contributed by atoms with Gasteiger partial charge in [-0.1, -0.05) is 6.07 Å². The molecule has 1 aliphatic heterocycles. The summed E-state index contributed by atoms with van der Waals surface area (Å²) in [5.74, 6) is -0.764. The van der Waals surface area contributed by atoms with E-state index in [1.165, 1.54) is 35.3 Å². The van der Waals surface area contributed by atoms with E-state index in [0.29, 0.717) is 37.2 Å². The van der Waals surface area contributed by atoms with Crippen LogP contribution in [-0.2, 0) is 4.79 Å². The Labute approximate surface area is 172 Å². The number of hydrogen-bond donors (Lipinski definition) is 1. The summed E-state index contributed by atoms with van der Waals surface area (Å²) in [6, 6.07) is 11.1. The number of carbonyl (C=O) groups is 2. The Morgan fingerprint density at radius 1 is 1.10 bits per heavy atom. The van der Waals surface area contributed by atoms with Crippen LogP contribution in [0.25, 0.3) is 5.69 Å². The van der Waals surface area contributed by atoms with Gasteiger partial charge in [0.2, 0.25) is 5.91 Å². The summed E-state index contributed by atoms with van der Waals surface area (Å²) in [4.78, 5) is 27.1. The molecule has 0 saturated carbocycles. The fraction of sp³-hybridized carbons (Fsp3) is 0.286. The first-order valence-electron chi connectivity index (χ1n) is 9.71. The van der Waals surface area contributed by atoms with Crippen molar-refractivity contribution in [1.29, 1.82) is 0 Å². The molecule has 154 valence electrons. The molecule has 30 heavy (non-hydrogen) atoms. The first-order chi connectivity index (χ1) is 14.5. The molecule has 9 heteroatoms. The molecule has 1 saturated heterocycles. The first-order valence-corrected chi connectivity index (χ1v) is 9.71. The van der Waals surface area contributed by atoms with Gasteiger partial charge in [0.05, 0.1) is 5.69 Å². The van der Waals surface area contributed by atoms with Crippen LogP contribution in [0.2, 0.25) is 0 Å². The van der Waals surface area contributed by atoms with Gasteiger partial charge in [-0.2, -0.15) is 0 Å². The number of benzene rings is 2. The third-order valence-electron chi connectivity index (χ3n) is 5.34. The zero-order valence-corrected chi connectivity index (χ0v) is 16.5. The first kappa shape index (κ1) is 19.7. The van der Waals surface area contributed by atoms with E-state index in [2.05, 4.69) is 20.8 Å². The van der Waals surface area contributed by atoms with Gasteiger partial charge in [0.25, 0.3) is 5.91 Å². The van der Waals surface area contributed by atoms with Crippen molar-refractivity contribution in [2.45, 2.75) is 19.8 Å². The number of halogens is 1. The lowest BCUT2D eigenvalue weighted by atomic mass is 9.95. The van der Waals surface area contributed by atoms with Crippen LogP contribution < -0.4 is 5.32 Å². The normalized spacial score (nSPS) is 14.5. The van der Waals surface area contributed by atoms with E-state index in [1.807, 2.05) is 25.1 Å². The maximum absolute atomic E-state index is 13.1. The fourth-order valence-corrected chi connectivity index (χ4v) is 3.52. The van der Waals surface area contributed by atoms with Crippen molar-refractivity contribution < 1.29 is 14.0 Å². The van der Waals surface area contributed by atoms with Gasteiger partial charge in [-0.15, -0.1) is 5.10 Å². The van der Waals surface area contributed by atoms with Gasteiger partial charge in [0.1, 0.15) is 12.1 Å². The zero-order valence-electron chi connectivity index (χ0n) is 16.5. The number of amides is 2. The number of aryl methyl sites for hydroxylation is 1. The minimum Gasteiger partial charge on any atom is -0.339 e. The Morgan fingerprint density at radius 3 is 2.50 bits per heavy atom. The topological polar surface area (TPSA) is 93.0 Å². The number of anilines is 1. The standard InChI is InChI=1S/C21H21FN6O2/c1-14-2-7-18(28-13-23-25-26-28)12-19(14)24-20(29)15-8-10-27(11-9-15)21(30)16-3-5-17(22)6-4-16/h2-7,12-13,15H,8-11H2,1H3,(H,24,29). The van der Waals surface area contributed by atoms with Crippen LogP contribution in [0.15, 0.2) is 48.8 Å². The average molecular weight is 408 g/mol. The zero-order chi connectivity index (χ0) is 21.1. The molecule has 2 heterocycles. The van der Waals surface area contributed by atoms with E-state index in [0.717, 1.165) is 11.3 Å². The lowest BCUT2D eigenvalue weighted by molar-refractivity contribution is -0.121. The summed E-state index contributed by atoms with van der Waals surface area (Å²) in [6.45, 7) is 2.89. The monoisotopic (exact) mass is 408 g/mol. The predicted octanol–water partition coefficient (Wildman–Crippen LogP) is 2.60.